The van der Waals surface area contributed by atoms with Crippen LogP contribution in [0.5, 0.6) is 0 Å². The Morgan fingerprint density at radius 3 is 1.68 bits per heavy atom. The summed E-state index contributed by atoms with van der Waals surface area (Å²) >= 11 is 1.47. The molecule has 0 aliphatic carbocycles. The Morgan fingerprint density at radius 2 is 1.05 bits per heavy atom. The summed E-state index contributed by atoms with van der Waals surface area (Å²) in [4.78, 5) is 9.17. The molecule has 0 spiro atoms. The van der Waals surface area contributed by atoms with Crippen molar-refractivity contribution in [3.05, 3.63) is 121 Å². The molecule has 0 aliphatic heterocycles. The maximum absolute atomic E-state index is 9.74. The monoisotopic (exact) mass is 538 g/mol. The van der Waals surface area contributed by atoms with E-state index in [-0.39, 0.29) is 11.5 Å². The third kappa shape index (κ3) is 3.58. The van der Waals surface area contributed by atoms with Crippen molar-refractivity contribution in [2.45, 2.75) is 0 Å². The van der Waals surface area contributed by atoms with Gasteiger partial charge in [0.15, 0.2) is 5.69 Å². The van der Waals surface area contributed by atoms with Crippen molar-refractivity contribution in [3.63, 3.8) is 0 Å². The lowest BCUT2D eigenvalue weighted by molar-refractivity contribution is 1.14. The molecule has 0 atom stereocenters. The Morgan fingerprint density at radius 1 is 0.488 bits per heavy atom. The zero-order chi connectivity index (χ0) is 27.5. The topological polar surface area (TPSA) is 73.4 Å². The van der Waals surface area contributed by atoms with Gasteiger partial charge in [-0.1, -0.05) is 84.9 Å². The molecule has 0 aliphatic rings. The average Bonchev–Trinajstić information content (AvgIpc) is 3.42. The zero-order valence-corrected chi connectivity index (χ0v) is 22.4. The Labute approximate surface area is 239 Å². The van der Waals surface area contributed by atoms with Crippen LogP contribution in [0.25, 0.3) is 74.9 Å². The number of nitrogens with zero attached hydrogens (tertiary/aromatic N) is 4. The van der Waals surface area contributed by atoms with Crippen molar-refractivity contribution in [2.24, 2.45) is 0 Å². The van der Waals surface area contributed by atoms with Crippen LogP contribution in [0.2, 0.25) is 0 Å². The normalized spacial score (nSPS) is 11.4. The molecule has 0 fully saturated rings. The fourth-order valence-corrected chi connectivity index (χ4v) is 7.01. The standard InChI is InChI=1S/C36H18N4S/c37-19-32-35-31-18-24(13-15-33(31)41-36(35)40-34(20-38)39-32)22-7-5-6-21(16-22)23-12-14-29-27-10-2-1-8-25(27)26-9-3-4-11-28(26)30(29)17-23/h1-18H. The Hall–Kier alpha value is -5.62. The molecule has 0 N–H and O–H groups in total. The van der Waals surface area contributed by atoms with Crippen LogP contribution in [-0.2, 0) is 0 Å². The predicted octanol–water partition coefficient (Wildman–Crippen LogP) is 9.38. The molecule has 6 aromatic carbocycles. The van der Waals surface area contributed by atoms with Crippen LogP contribution in [0.3, 0.4) is 0 Å². The molecule has 0 unspecified atom stereocenters. The summed E-state index contributed by atoms with van der Waals surface area (Å²) < 4.78 is 1.01. The number of rotatable bonds is 2. The molecule has 4 nitrogen and oxygen atoms in total. The number of thiophene rings is 1. The highest BCUT2D eigenvalue weighted by Crippen LogP contribution is 2.39. The summed E-state index contributed by atoms with van der Waals surface area (Å²) in [6.07, 6.45) is 0. The summed E-state index contributed by atoms with van der Waals surface area (Å²) in [7, 11) is 0. The van der Waals surface area contributed by atoms with E-state index in [2.05, 4.69) is 125 Å². The molecule has 188 valence electrons. The predicted molar refractivity (Wildman–Crippen MR) is 168 cm³/mol. The van der Waals surface area contributed by atoms with Crippen LogP contribution >= 0.6 is 11.3 Å². The van der Waals surface area contributed by atoms with Gasteiger partial charge in [0.2, 0.25) is 5.82 Å². The van der Waals surface area contributed by atoms with E-state index in [1.54, 1.807) is 0 Å². The first kappa shape index (κ1) is 23.3. The van der Waals surface area contributed by atoms with Crippen LogP contribution in [0, 0.1) is 22.7 Å². The summed E-state index contributed by atoms with van der Waals surface area (Å²) in [5, 5.41) is 28.2. The smallest absolute Gasteiger partial charge is 0.208 e. The Balaban J connectivity index is 1.29. The second-order valence-corrected chi connectivity index (χ2v) is 11.1. The van der Waals surface area contributed by atoms with Crippen LogP contribution in [0.4, 0.5) is 0 Å². The SMILES string of the molecule is N#Cc1nc(C#N)c2c(n1)sc1ccc(-c3cccc(-c4ccc5c6ccccc6c6ccccc6c5c4)c3)cc12. The molecule has 8 rings (SSSR count). The van der Waals surface area contributed by atoms with Gasteiger partial charge < -0.3 is 0 Å². The van der Waals surface area contributed by atoms with E-state index < -0.39 is 0 Å². The molecule has 0 radical (unpaired) electrons. The first-order chi connectivity index (χ1) is 20.2. The minimum Gasteiger partial charge on any atom is -0.208 e. The lowest BCUT2D eigenvalue weighted by Gasteiger charge is -2.12. The summed E-state index contributed by atoms with van der Waals surface area (Å²) in [6, 6.07) is 43.0. The fraction of sp³-hybridized carbons (Fsp3) is 0. The van der Waals surface area contributed by atoms with Crippen LogP contribution in [0.1, 0.15) is 11.5 Å². The number of benzene rings is 6. The van der Waals surface area contributed by atoms with Crippen molar-refractivity contribution in [1.29, 1.82) is 10.5 Å². The third-order valence-corrected chi connectivity index (χ3v) is 8.88. The van der Waals surface area contributed by atoms with Crippen LogP contribution in [-0.4, -0.2) is 9.97 Å². The second kappa shape index (κ2) is 8.96. The van der Waals surface area contributed by atoms with Gasteiger partial charge in [-0.25, -0.2) is 9.97 Å². The van der Waals surface area contributed by atoms with Gasteiger partial charge in [0.05, 0.1) is 5.39 Å². The van der Waals surface area contributed by atoms with Crippen molar-refractivity contribution in [1.82, 2.24) is 9.97 Å². The summed E-state index contributed by atoms with van der Waals surface area (Å²) in [6.45, 7) is 0. The first-order valence-corrected chi connectivity index (χ1v) is 14.0. The van der Waals surface area contributed by atoms with E-state index in [4.69, 9.17) is 0 Å². The molecular formula is C36H18N4S. The highest BCUT2D eigenvalue weighted by atomic mass is 32.1. The molecular weight excluding hydrogens is 520 g/mol. The maximum atomic E-state index is 9.74. The molecule has 2 heterocycles. The molecule has 8 aromatic rings. The Bertz CT molecular complexity index is 2420. The van der Waals surface area contributed by atoms with Gasteiger partial charge in [-0.2, -0.15) is 10.5 Å². The molecule has 0 bridgehead atoms. The van der Waals surface area contributed by atoms with Crippen molar-refractivity contribution < 1.29 is 0 Å². The van der Waals surface area contributed by atoms with Gasteiger partial charge in [0, 0.05) is 10.1 Å². The lowest BCUT2D eigenvalue weighted by Crippen LogP contribution is -1.92. The molecule has 41 heavy (non-hydrogen) atoms. The summed E-state index contributed by atoms with van der Waals surface area (Å²) in [5.74, 6) is 0.0182. The van der Waals surface area contributed by atoms with E-state index in [9.17, 15) is 10.5 Å². The molecule has 5 heteroatoms. The van der Waals surface area contributed by atoms with E-state index in [1.165, 1.54) is 43.7 Å². The van der Waals surface area contributed by atoms with Gasteiger partial charge in [-0.15, -0.1) is 11.3 Å². The summed E-state index contributed by atoms with van der Waals surface area (Å²) in [5.41, 5.74) is 4.66. The van der Waals surface area contributed by atoms with Gasteiger partial charge in [0.25, 0.3) is 0 Å². The highest BCUT2D eigenvalue weighted by molar-refractivity contribution is 7.25. The van der Waals surface area contributed by atoms with Gasteiger partial charge in [-0.3, -0.25) is 0 Å². The number of hydrogen-bond donors (Lipinski definition) is 0. The molecule has 0 saturated carbocycles. The van der Waals surface area contributed by atoms with Crippen molar-refractivity contribution in [2.75, 3.05) is 0 Å². The van der Waals surface area contributed by atoms with E-state index in [0.29, 0.717) is 10.2 Å². The zero-order valence-electron chi connectivity index (χ0n) is 21.6. The van der Waals surface area contributed by atoms with Crippen LogP contribution in [0.15, 0.2) is 109 Å². The van der Waals surface area contributed by atoms with Crippen LogP contribution < -0.4 is 0 Å². The Kier molecular flexibility index (Phi) is 5.09. The highest BCUT2D eigenvalue weighted by Gasteiger charge is 2.15. The quantitative estimate of drug-likeness (QED) is 0.206. The number of fused-ring (bicyclic) bond motifs is 9. The third-order valence-electron chi connectivity index (χ3n) is 7.81. The maximum Gasteiger partial charge on any atom is 0.234 e. The molecule has 0 saturated heterocycles. The van der Waals surface area contributed by atoms with Crippen molar-refractivity contribution >= 4 is 64.0 Å². The minimum absolute atomic E-state index is 0.0182. The van der Waals surface area contributed by atoms with Gasteiger partial charge in [-0.05, 0) is 78.8 Å². The van der Waals surface area contributed by atoms with Crippen molar-refractivity contribution in [3.8, 4) is 34.4 Å². The number of hydrogen-bond acceptors (Lipinski definition) is 5. The first-order valence-electron chi connectivity index (χ1n) is 13.2. The number of aromatic nitrogens is 2. The largest absolute Gasteiger partial charge is 0.234 e. The van der Waals surface area contributed by atoms with E-state index >= 15 is 0 Å². The minimum atomic E-state index is 0.0182. The van der Waals surface area contributed by atoms with E-state index in [1.807, 2.05) is 6.07 Å². The second-order valence-electron chi connectivity index (χ2n) is 10.0. The molecule has 0 amide bonds. The van der Waals surface area contributed by atoms with E-state index in [0.717, 1.165) is 32.3 Å². The molecule has 2 aromatic heterocycles. The van der Waals surface area contributed by atoms with Gasteiger partial charge in [0.1, 0.15) is 17.0 Å². The average molecular weight is 539 g/mol. The van der Waals surface area contributed by atoms with Gasteiger partial charge >= 0.3 is 0 Å². The number of nitriles is 2. The lowest BCUT2D eigenvalue weighted by atomic mass is 9.91. The fourth-order valence-electron chi connectivity index (χ4n) is 5.95.